The predicted molar refractivity (Wildman–Crippen MR) is 62.9 cm³/mol. The molecule has 1 heterocycles. The van der Waals surface area contributed by atoms with Gasteiger partial charge in [-0.15, -0.1) is 0 Å². The molecular weight excluding hydrogens is 210 g/mol. The van der Waals surface area contributed by atoms with Crippen LogP contribution >= 0.6 is 11.6 Å². The van der Waals surface area contributed by atoms with Crippen molar-refractivity contribution in [3.05, 3.63) is 10.8 Å². The number of aromatic nitrogens is 2. The van der Waals surface area contributed by atoms with Crippen molar-refractivity contribution in [2.45, 2.75) is 38.5 Å². The van der Waals surface area contributed by atoms with Gasteiger partial charge in [-0.1, -0.05) is 37.3 Å². The monoisotopic (exact) mass is 227 g/mol. The first kappa shape index (κ1) is 10.8. The number of nitrogens with two attached hydrogens (primary N) is 1. The molecule has 0 unspecified atom stereocenters. The summed E-state index contributed by atoms with van der Waals surface area (Å²) in [6.07, 6.45) is 7.70. The molecule has 1 aromatic heterocycles. The van der Waals surface area contributed by atoms with Crippen molar-refractivity contribution in [1.29, 1.82) is 0 Å². The van der Waals surface area contributed by atoms with Crippen LogP contribution in [-0.2, 0) is 13.5 Å². The SMILES string of the molecule is Cn1c(N)nc(CCC2CCCC2)c1Cl. The molecule has 1 aromatic rings. The molecule has 84 valence electrons. The van der Waals surface area contributed by atoms with Crippen molar-refractivity contribution >= 4 is 17.5 Å². The van der Waals surface area contributed by atoms with Crippen LogP contribution in [0.3, 0.4) is 0 Å². The van der Waals surface area contributed by atoms with Crippen LogP contribution < -0.4 is 5.73 Å². The van der Waals surface area contributed by atoms with Crippen molar-refractivity contribution in [2.75, 3.05) is 5.73 Å². The summed E-state index contributed by atoms with van der Waals surface area (Å²) < 4.78 is 1.74. The van der Waals surface area contributed by atoms with Gasteiger partial charge < -0.3 is 10.3 Å². The fourth-order valence-electron chi connectivity index (χ4n) is 2.35. The maximum Gasteiger partial charge on any atom is 0.201 e. The first-order valence-corrected chi connectivity index (χ1v) is 6.03. The molecule has 0 atom stereocenters. The average Bonchev–Trinajstić information content (AvgIpc) is 2.80. The summed E-state index contributed by atoms with van der Waals surface area (Å²) in [7, 11) is 1.85. The molecule has 1 aliphatic carbocycles. The van der Waals surface area contributed by atoms with E-state index in [0.29, 0.717) is 11.1 Å². The van der Waals surface area contributed by atoms with Crippen LogP contribution in [-0.4, -0.2) is 9.55 Å². The first-order valence-electron chi connectivity index (χ1n) is 5.65. The number of aryl methyl sites for hydroxylation is 1. The van der Waals surface area contributed by atoms with Gasteiger partial charge in [0.05, 0.1) is 5.69 Å². The lowest BCUT2D eigenvalue weighted by Crippen LogP contribution is -1.97. The van der Waals surface area contributed by atoms with E-state index in [1.165, 1.54) is 32.1 Å². The third-order valence-corrected chi connectivity index (χ3v) is 3.86. The van der Waals surface area contributed by atoms with Gasteiger partial charge in [0.1, 0.15) is 5.15 Å². The van der Waals surface area contributed by atoms with Gasteiger partial charge in [0.15, 0.2) is 0 Å². The van der Waals surface area contributed by atoms with Crippen molar-refractivity contribution < 1.29 is 0 Å². The molecule has 0 saturated heterocycles. The Bertz CT molecular complexity index is 340. The minimum atomic E-state index is 0.515. The summed E-state index contributed by atoms with van der Waals surface area (Å²) >= 11 is 6.12. The minimum Gasteiger partial charge on any atom is -0.369 e. The highest BCUT2D eigenvalue weighted by molar-refractivity contribution is 6.30. The van der Waals surface area contributed by atoms with Crippen molar-refractivity contribution in [1.82, 2.24) is 9.55 Å². The summed E-state index contributed by atoms with van der Waals surface area (Å²) in [5.74, 6) is 1.39. The normalized spacial score (nSPS) is 17.5. The maximum atomic E-state index is 6.12. The van der Waals surface area contributed by atoms with Crippen LogP contribution in [0.2, 0.25) is 5.15 Å². The molecule has 2 N–H and O–H groups in total. The highest BCUT2D eigenvalue weighted by atomic mass is 35.5. The quantitative estimate of drug-likeness (QED) is 0.863. The molecule has 1 aliphatic rings. The maximum absolute atomic E-state index is 6.12. The molecular formula is C11H18ClN3. The summed E-state index contributed by atoms with van der Waals surface area (Å²) in [5, 5.41) is 0.700. The number of anilines is 1. The molecule has 0 amide bonds. The summed E-state index contributed by atoms with van der Waals surface area (Å²) in [4.78, 5) is 4.28. The fourth-order valence-corrected chi connectivity index (χ4v) is 2.58. The summed E-state index contributed by atoms with van der Waals surface area (Å²) in [6, 6.07) is 0. The molecule has 0 aromatic carbocycles. The number of nitrogen functional groups attached to an aromatic ring is 1. The van der Waals surface area contributed by atoms with Gasteiger partial charge in [0.2, 0.25) is 5.95 Å². The molecule has 2 rings (SSSR count). The van der Waals surface area contributed by atoms with Crippen LogP contribution in [0, 0.1) is 5.92 Å². The fraction of sp³-hybridized carbons (Fsp3) is 0.727. The third kappa shape index (κ3) is 2.28. The molecule has 3 nitrogen and oxygen atoms in total. The Morgan fingerprint density at radius 3 is 2.67 bits per heavy atom. The van der Waals surface area contributed by atoms with Gasteiger partial charge in [-0.3, -0.25) is 0 Å². The van der Waals surface area contributed by atoms with Crippen LogP contribution in [0.4, 0.5) is 5.95 Å². The van der Waals surface area contributed by atoms with Crippen LogP contribution in [0.5, 0.6) is 0 Å². The smallest absolute Gasteiger partial charge is 0.201 e. The Balaban J connectivity index is 1.95. The molecule has 15 heavy (non-hydrogen) atoms. The topological polar surface area (TPSA) is 43.8 Å². The van der Waals surface area contributed by atoms with Crippen LogP contribution in [0.15, 0.2) is 0 Å². The lowest BCUT2D eigenvalue weighted by Gasteiger charge is -2.06. The second kappa shape index (κ2) is 4.44. The molecule has 1 saturated carbocycles. The molecule has 0 aliphatic heterocycles. The van der Waals surface area contributed by atoms with E-state index in [9.17, 15) is 0 Å². The Hall–Kier alpha value is -0.700. The molecule has 0 radical (unpaired) electrons. The van der Waals surface area contributed by atoms with Crippen LogP contribution in [0.25, 0.3) is 0 Å². The molecule has 0 spiro atoms. The standard InChI is InChI=1S/C11H18ClN3/c1-15-10(12)9(14-11(15)13)7-6-8-4-2-3-5-8/h8H,2-7H2,1H3,(H2,13,14). The van der Waals surface area contributed by atoms with Gasteiger partial charge in [0.25, 0.3) is 0 Å². The zero-order valence-electron chi connectivity index (χ0n) is 9.17. The van der Waals surface area contributed by atoms with Gasteiger partial charge in [-0.05, 0) is 18.8 Å². The molecule has 4 heteroatoms. The van der Waals surface area contributed by atoms with Crippen molar-refractivity contribution in [3.8, 4) is 0 Å². The largest absolute Gasteiger partial charge is 0.369 e. The Morgan fingerprint density at radius 1 is 1.47 bits per heavy atom. The summed E-state index contributed by atoms with van der Waals surface area (Å²) in [6.45, 7) is 0. The third-order valence-electron chi connectivity index (χ3n) is 3.39. The lowest BCUT2D eigenvalue weighted by atomic mass is 10.0. The highest BCUT2D eigenvalue weighted by Crippen LogP contribution is 2.29. The second-order valence-electron chi connectivity index (χ2n) is 4.46. The second-order valence-corrected chi connectivity index (χ2v) is 4.81. The van der Waals surface area contributed by atoms with E-state index in [1.54, 1.807) is 4.57 Å². The Kier molecular flexibility index (Phi) is 3.19. The van der Waals surface area contributed by atoms with E-state index < -0.39 is 0 Å². The molecule has 0 bridgehead atoms. The zero-order chi connectivity index (χ0) is 10.8. The van der Waals surface area contributed by atoms with Gasteiger partial charge in [-0.25, -0.2) is 4.98 Å². The van der Waals surface area contributed by atoms with Gasteiger partial charge >= 0.3 is 0 Å². The number of halogens is 1. The van der Waals surface area contributed by atoms with E-state index in [-0.39, 0.29) is 0 Å². The summed E-state index contributed by atoms with van der Waals surface area (Å²) in [5.41, 5.74) is 6.65. The van der Waals surface area contributed by atoms with E-state index in [1.807, 2.05) is 7.05 Å². The molecule has 1 fully saturated rings. The van der Waals surface area contributed by atoms with Crippen LogP contribution in [0.1, 0.15) is 37.8 Å². The number of rotatable bonds is 3. The van der Waals surface area contributed by atoms with Crippen molar-refractivity contribution in [2.24, 2.45) is 13.0 Å². The minimum absolute atomic E-state index is 0.515. The zero-order valence-corrected chi connectivity index (χ0v) is 9.93. The van der Waals surface area contributed by atoms with E-state index in [4.69, 9.17) is 17.3 Å². The predicted octanol–water partition coefficient (Wildman–Crippen LogP) is 2.78. The van der Waals surface area contributed by atoms with E-state index in [0.717, 1.165) is 18.0 Å². The van der Waals surface area contributed by atoms with Gasteiger partial charge in [-0.2, -0.15) is 0 Å². The number of hydrogen-bond donors (Lipinski definition) is 1. The van der Waals surface area contributed by atoms with E-state index >= 15 is 0 Å². The number of imidazole rings is 1. The Morgan fingerprint density at radius 2 is 2.13 bits per heavy atom. The lowest BCUT2D eigenvalue weighted by molar-refractivity contribution is 0.501. The van der Waals surface area contributed by atoms with E-state index in [2.05, 4.69) is 4.98 Å². The highest BCUT2D eigenvalue weighted by Gasteiger charge is 2.17. The Labute approximate surface area is 95.6 Å². The van der Waals surface area contributed by atoms with Crippen molar-refractivity contribution in [3.63, 3.8) is 0 Å². The number of hydrogen-bond acceptors (Lipinski definition) is 2. The first-order chi connectivity index (χ1) is 7.18. The number of nitrogens with zero attached hydrogens (tertiary/aromatic N) is 2. The average molecular weight is 228 g/mol. The van der Waals surface area contributed by atoms with Gasteiger partial charge in [0, 0.05) is 7.05 Å².